The summed E-state index contributed by atoms with van der Waals surface area (Å²) in [5, 5.41) is 9.22. The molecule has 0 unspecified atom stereocenters. The second kappa shape index (κ2) is 6.00. The second-order valence-electron chi connectivity index (χ2n) is 4.19. The van der Waals surface area contributed by atoms with E-state index in [1.807, 2.05) is 18.2 Å². The predicted octanol–water partition coefficient (Wildman–Crippen LogP) is 2.36. The Morgan fingerprint density at radius 3 is 2.63 bits per heavy atom. The zero-order valence-corrected chi connectivity index (χ0v) is 10.7. The molecule has 1 aromatic heterocycles. The van der Waals surface area contributed by atoms with Crippen LogP contribution in [0.3, 0.4) is 0 Å². The SMILES string of the molecule is COC(=O)c1cnccc1CCc1ccc(O)cc1. The minimum atomic E-state index is -0.367. The van der Waals surface area contributed by atoms with Crippen molar-refractivity contribution in [1.82, 2.24) is 4.98 Å². The number of aromatic hydroxyl groups is 1. The average molecular weight is 257 g/mol. The molecule has 0 saturated carbocycles. The lowest BCUT2D eigenvalue weighted by Crippen LogP contribution is -2.07. The highest BCUT2D eigenvalue weighted by Crippen LogP contribution is 2.14. The van der Waals surface area contributed by atoms with Gasteiger partial charge in [0.2, 0.25) is 0 Å². The van der Waals surface area contributed by atoms with Crippen LogP contribution in [-0.2, 0) is 17.6 Å². The molecule has 0 saturated heterocycles. The lowest BCUT2D eigenvalue weighted by molar-refractivity contribution is 0.0599. The summed E-state index contributed by atoms with van der Waals surface area (Å²) in [6, 6.07) is 8.88. The number of methoxy groups -OCH3 is 1. The Morgan fingerprint density at radius 2 is 1.95 bits per heavy atom. The van der Waals surface area contributed by atoms with Gasteiger partial charge in [-0.1, -0.05) is 12.1 Å². The molecule has 1 heterocycles. The van der Waals surface area contributed by atoms with Crippen molar-refractivity contribution >= 4 is 5.97 Å². The molecule has 0 atom stereocenters. The Balaban J connectivity index is 2.11. The molecule has 0 spiro atoms. The van der Waals surface area contributed by atoms with Gasteiger partial charge in [-0.25, -0.2) is 4.79 Å². The maximum atomic E-state index is 11.6. The fraction of sp³-hybridized carbons (Fsp3) is 0.200. The zero-order chi connectivity index (χ0) is 13.7. The number of carbonyl (C=O) groups excluding carboxylic acids is 1. The molecule has 4 nitrogen and oxygen atoms in total. The van der Waals surface area contributed by atoms with Gasteiger partial charge in [0, 0.05) is 12.4 Å². The number of hydrogen-bond donors (Lipinski definition) is 1. The van der Waals surface area contributed by atoms with Crippen LogP contribution in [-0.4, -0.2) is 23.2 Å². The standard InChI is InChI=1S/C15H15NO3/c1-19-15(18)14-10-16-9-8-12(14)5-2-11-3-6-13(17)7-4-11/h3-4,6-10,17H,2,5H2,1H3. The van der Waals surface area contributed by atoms with E-state index in [9.17, 15) is 9.90 Å². The maximum absolute atomic E-state index is 11.6. The largest absolute Gasteiger partial charge is 0.508 e. The third-order valence-electron chi connectivity index (χ3n) is 2.94. The number of esters is 1. The number of pyridine rings is 1. The van der Waals surface area contributed by atoms with Gasteiger partial charge < -0.3 is 9.84 Å². The first-order valence-corrected chi connectivity index (χ1v) is 6.00. The molecule has 1 N–H and O–H groups in total. The molecule has 0 amide bonds. The van der Waals surface area contributed by atoms with Gasteiger partial charge in [-0.05, 0) is 42.2 Å². The Hall–Kier alpha value is -2.36. The molecule has 0 aliphatic carbocycles. The van der Waals surface area contributed by atoms with Crippen LogP contribution in [0.2, 0.25) is 0 Å². The van der Waals surface area contributed by atoms with Crippen molar-refractivity contribution in [2.75, 3.05) is 7.11 Å². The van der Waals surface area contributed by atoms with E-state index in [4.69, 9.17) is 4.74 Å². The first-order valence-electron chi connectivity index (χ1n) is 6.00. The monoisotopic (exact) mass is 257 g/mol. The van der Waals surface area contributed by atoms with Crippen molar-refractivity contribution in [2.24, 2.45) is 0 Å². The van der Waals surface area contributed by atoms with Crippen LogP contribution in [0.4, 0.5) is 0 Å². The summed E-state index contributed by atoms with van der Waals surface area (Å²) in [7, 11) is 1.36. The zero-order valence-electron chi connectivity index (χ0n) is 10.7. The number of carbonyl (C=O) groups is 1. The number of phenols is 1. The van der Waals surface area contributed by atoms with Gasteiger partial charge in [0.15, 0.2) is 0 Å². The Kier molecular flexibility index (Phi) is 4.13. The van der Waals surface area contributed by atoms with Crippen molar-refractivity contribution in [3.05, 3.63) is 59.4 Å². The van der Waals surface area contributed by atoms with Gasteiger partial charge in [0.25, 0.3) is 0 Å². The summed E-state index contributed by atoms with van der Waals surface area (Å²) in [5.74, 6) is -0.114. The van der Waals surface area contributed by atoms with Crippen LogP contribution in [0.15, 0.2) is 42.7 Å². The lowest BCUT2D eigenvalue weighted by atomic mass is 10.0. The summed E-state index contributed by atoms with van der Waals surface area (Å²) >= 11 is 0. The van der Waals surface area contributed by atoms with Gasteiger partial charge in [-0.15, -0.1) is 0 Å². The van der Waals surface area contributed by atoms with Crippen molar-refractivity contribution < 1.29 is 14.6 Å². The molecule has 0 aliphatic rings. The third-order valence-corrected chi connectivity index (χ3v) is 2.94. The van der Waals surface area contributed by atoms with Crippen LogP contribution in [0.25, 0.3) is 0 Å². The first-order chi connectivity index (χ1) is 9.20. The average Bonchev–Trinajstić information content (AvgIpc) is 2.46. The number of rotatable bonds is 4. The summed E-state index contributed by atoms with van der Waals surface area (Å²) in [6.07, 6.45) is 4.70. The van der Waals surface area contributed by atoms with E-state index in [0.717, 1.165) is 24.0 Å². The van der Waals surface area contributed by atoms with Crippen molar-refractivity contribution in [3.63, 3.8) is 0 Å². The van der Waals surface area contributed by atoms with Crippen LogP contribution in [0, 0.1) is 0 Å². The Bertz CT molecular complexity index is 564. The van der Waals surface area contributed by atoms with Crippen LogP contribution < -0.4 is 0 Å². The molecular weight excluding hydrogens is 242 g/mol. The van der Waals surface area contributed by atoms with Crippen molar-refractivity contribution in [3.8, 4) is 5.75 Å². The molecule has 0 aliphatic heterocycles. The molecule has 4 heteroatoms. The van der Waals surface area contributed by atoms with E-state index in [2.05, 4.69) is 4.98 Å². The van der Waals surface area contributed by atoms with Crippen LogP contribution >= 0.6 is 0 Å². The maximum Gasteiger partial charge on any atom is 0.339 e. The highest BCUT2D eigenvalue weighted by Gasteiger charge is 2.11. The van der Waals surface area contributed by atoms with Gasteiger partial charge in [0.1, 0.15) is 5.75 Å². The summed E-state index contributed by atoms with van der Waals surface area (Å²) in [4.78, 5) is 15.5. The van der Waals surface area contributed by atoms with Gasteiger partial charge in [0.05, 0.1) is 12.7 Å². The quantitative estimate of drug-likeness (QED) is 0.854. The fourth-order valence-corrected chi connectivity index (χ4v) is 1.88. The molecule has 19 heavy (non-hydrogen) atoms. The number of aryl methyl sites for hydroxylation is 2. The second-order valence-corrected chi connectivity index (χ2v) is 4.19. The first kappa shape index (κ1) is 13.1. The Labute approximate surface area is 111 Å². The number of nitrogens with zero attached hydrogens (tertiary/aromatic N) is 1. The van der Waals surface area contributed by atoms with Crippen molar-refractivity contribution in [1.29, 1.82) is 0 Å². The number of benzene rings is 1. The van der Waals surface area contributed by atoms with E-state index in [1.54, 1.807) is 18.3 Å². The molecule has 2 rings (SSSR count). The predicted molar refractivity (Wildman–Crippen MR) is 71.1 cm³/mol. The summed E-state index contributed by atoms with van der Waals surface area (Å²) < 4.78 is 4.73. The van der Waals surface area contributed by atoms with E-state index < -0.39 is 0 Å². The van der Waals surface area contributed by atoms with E-state index >= 15 is 0 Å². The molecule has 0 radical (unpaired) electrons. The topological polar surface area (TPSA) is 59.4 Å². The third kappa shape index (κ3) is 3.31. The number of aromatic nitrogens is 1. The lowest BCUT2D eigenvalue weighted by Gasteiger charge is -2.07. The van der Waals surface area contributed by atoms with Gasteiger partial charge in [-0.2, -0.15) is 0 Å². The molecule has 0 bridgehead atoms. The number of phenolic OH excluding ortho intramolecular Hbond substituents is 1. The summed E-state index contributed by atoms with van der Waals surface area (Å²) in [6.45, 7) is 0. The van der Waals surface area contributed by atoms with Gasteiger partial charge in [-0.3, -0.25) is 4.98 Å². The molecule has 98 valence electrons. The Morgan fingerprint density at radius 1 is 1.21 bits per heavy atom. The number of ether oxygens (including phenoxy) is 1. The van der Waals surface area contributed by atoms with Crippen LogP contribution in [0.5, 0.6) is 5.75 Å². The molecule has 2 aromatic rings. The minimum absolute atomic E-state index is 0.253. The highest BCUT2D eigenvalue weighted by atomic mass is 16.5. The smallest absolute Gasteiger partial charge is 0.339 e. The highest BCUT2D eigenvalue weighted by molar-refractivity contribution is 5.90. The number of hydrogen-bond acceptors (Lipinski definition) is 4. The summed E-state index contributed by atoms with van der Waals surface area (Å²) in [5.41, 5.74) is 2.52. The van der Waals surface area contributed by atoms with E-state index in [0.29, 0.717) is 5.56 Å². The normalized spacial score (nSPS) is 10.2. The van der Waals surface area contributed by atoms with Gasteiger partial charge >= 0.3 is 5.97 Å². The molecule has 1 aromatic carbocycles. The molecule has 0 fully saturated rings. The molecular formula is C15H15NO3. The van der Waals surface area contributed by atoms with Crippen LogP contribution in [0.1, 0.15) is 21.5 Å². The fourth-order valence-electron chi connectivity index (χ4n) is 1.88. The van der Waals surface area contributed by atoms with E-state index in [1.165, 1.54) is 13.3 Å². The minimum Gasteiger partial charge on any atom is -0.508 e. The van der Waals surface area contributed by atoms with E-state index in [-0.39, 0.29) is 11.7 Å². The van der Waals surface area contributed by atoms with Crippen molar-refractivity contribution in [2.45, 2.75) is 12.8 Å².